The fraction of sp³-hybridized carbons (Fsp3) is 0.889. The predicted octanol–water partition coefficient (Wildman–Crippen LogP) is 2.23. The predicted molar refractivity (Wildman–Crippen MR) is 45.2 cm³/mol. The molecular formula is C9H18O2. The lowest BCUT2D eigenvalue weighted by atomic mass is 10.1. The van der Waals surface area contributed by atoms with Crippen LogP contribution in [0.25, 0.3) is 0 Å². The van der Waals surface area contributed by atoms with E-state index in [0.29, 0.717) is 5.92 Å². The van der Waals surface area contributed by atoms with Gasteiger partial charge in [-0.15, -0.1) is 0 Å². The molecule has 0 N–H and O–H groups in total. The normalized spacial score (nSPS) is 13.7. The van der Waals surface area contributed by atoms with Crippen LogP contribution < -0.4 is 0 Å². The first-order valence-electron chi connectivity index (χ1n) is 4.15. The lowest BCUT2D eigenvalue weighted by molar-refractivity contribution is -0.153. The molecule has 0 saturated carbocycles. The maximum absolute atomic E-state index is 11.0. The van der Waals surface area contributed by atoms with Crippen LogP contribution in [0.1, 0.15) is 34.6 Å². The SMILES string of the molecule is CC(C)C(=O)O[C@H](C)C(C)C. The van der Waals surface area contributed by atoms with Crippen molar-refractivity contribution in [3.8, 4) is 0 Å². The van der Waals surface area contributed by atoms with E-state index in [1.807, 2.05) is 34.6 Å². The molecule has 0 aliphatic rings. The minimum atomic E-state index is -0.105. The summed E-state index contributed by atoms with van der Waals surface area (Å²) < 4.78 is 5.13. The van der Waals surface area contributed by atoms with E-state index in [-0.39, 0.29) is 18.0 Å². The Morgan fingerprint density at radius 1 is 1.09 bits per heavy atom. The molecule has 2 heteroatoms. The van der Waals surface area contributed by atoms with Crippen LogP contribution >= 0.6 is 0 Å². The molecule has 0 spiro atoms. The minimum absolute atomic E-state index is 0.0174. The molecule has 0 rings (SSSR count). The van der Waals surface area contributed by atoms with Crippen LogP contribution in [0.3, 0.4) is 0 Å². The second-order valence-corrected chi connectivity index (χ2v) is 3.54. The average Bonchev–Trinajstić information content (AvgIpc) is 1.87. The summed E-state index contributed by atoms with van der Waals surface area (Å²) in [5.74, 6) is 0.278. The maximum atomic E-state index is 11.0. The van der Waals surface area contributed by atoms with Crippen molar-refractivity contribution in [3.05, 3.63) is 0 Å². The van der Waals surface area contributed by atoms with Gasteiger partial charge < -0.3 is 4.74 Å². The van der Waals surface area contributed by atoms with E-state index in [1.165, 1.54) is 0 Å². The zero-order chi connectivity index (χ0) is 9.02. The fourth-order valence-corrected chi connectivity index (χ4v) is 0.455. The Hall–Kier alpha value is -0.530. The lowest BCUT2D eigenvalue weighted by Gasteiger charge is -2.17. The molecule has 0 aromatic carbocycles. The van der Waals surface area contributed by atoms with E-state index in [4.69, 9.17) is 4.74 Å². The van der Waals surface area contributed by atoms with E-state index in [0.717, 1.165) is 0 Å². The van der Waals surface area contributed by atoms with Gasteiger partial charge in [0.1, 0.15) is 6.10 Å². The standard InChI is InChI=1S/C9H18O2/c1-6(2)8(5)11-9(10)7(3)4/h6-8H,1-5H3/t8-/m1/s1. The molecule has 0 heterocycles. The van der Waals surface area contributed by atoms with Gasteiger partial charge in [-0.25, -0.2) is 0 Å². The third-order valence-corrected chi connectivity index (χ3v) is 1.71. The Balaban J connectivity index is 3.76. The van der Waals surface area contributed by atoms with E-state index in [9.17, 15) is 4.79 Å². The number of carbonyl (C=O) groups is 1. The van der Waals surface area contributed by atoms with Gasteiger partial charge in [0, 0.05) is 0 Å². The Kier molecular flexibility index (Phi) is 4.16. The summed E-state index contributed by atoms with van der Waals surface area (Å²) >= 11 is 0. The smallest absolute Gasteiger partial charge is 0.308 e. The highest BCUT2D eigenvalue weighted by Gasteiger charge is 2.14. The third kappa shape index (κ3) is 4.02. The van der Waals surface area contributed by atoms with Crippen molar-refractivity contribution >= 4 is 5.97 Å². The van der Waals surface area contributed by atoms with Crippen molar-refractivity contribution in [1.82, 2.24) is 0 Å². The highest BCUT2D eigenvalue weighted by Crippen LogP contribution is 2.08. The van der Waals surface area contributed by atoms with Crippen LogP contribution in [0.5, 0.6) is 0 Å². The summed E-state index contributed by atoms with van der Waals surface area (Å²) in [4.78, 5) is 11.0. The Morgan fingerprint density at radius 2 is 1.55 bits per heavy atom. The molecule has 0 unspecified atom stereocenters. The lowest BCUT2D eigenvalue weighted by Crippen LogP contribution is -2.23. The van der Waals surface area contributed by atoms with Crippen molar-refractivity contribution in [3.63, 3.8) is 0 Å². The van der Waals surface area contributed by atoms with Gasteiger partial charge in [-0.1, -0.05) is 27.7 Å². The van der Waals surface area contributed by atoms with Crippen molar-refractivity contribution in [2.75, 3.05) is 0 Å². The molecule has 11 heavy (non-hydrogen) atoms. The average molecular weight is 158 g/mol. The van der Waals surface area contributed by atoms with E-state index in [1.54, 1.807) is 0 Å². The molecule has 0 aromatic heterocycles. The second-order valence-electron chi connectivity index (χ2n) is 3.54. The Labute approximate surface area is 68.9 Å². The van der Waals surface area contributed by atoms with Crippen LogP contribution in [0.15, 0.2) is 0 Å². The number of carbonyl (C=O) groups excluding carboxylic acids is 1. The largest absolute Gasteiger partial charge is 0.462 e. The van der Waals surface area contributed by atoms with Gasteiger partial charge in [-0.2, -0.15) is 0 Å². The van der Waals surface area contributed by atoms with Gasteiger partial charge in [-0.3, -0.25) is 4.79 Å². The fourth-order valence-electron chi connectivity index (χ4n) is 0.455. The number of hydrogen-bond acceptors (Lipinski definition) is 2. The molecule has 0 aliphatic carbocycles. The van der Waals surface area contributed by atoms with Crippen molar-refractivity contribution in [1.29, 1.82) is 0 Å². The summed E-state index contributed by atoms with van der Waals surface area (Å²) in [5.41, 5.74) is 0. The van der Waals surface area contributed by atoms with Crippen LogP contribution in [0.4, 0.5) is 0 Å². The van der Waals surface area contributed by atoms with Crippen LogP contribution in [-0.4, -0.2) is 12.1 Å². The number of ether oxygens (including phenoxy) is 1. The molecule has 66 valence electrons. The number of esters is 1. The summed E-state index contributed by atoms with van der Waals surface area (Å²) in [6, 6.07) is 0. The zero-order valence-electron chi connectivity index (χ0n) is 8.05. The van der Waals surface area contributed by atoms with Gasteiger partial charge in [-0.05, 0) is 12.8 Å². The molecule has 0 amide bonds. The third-order valence-electron chi connectivity index (χ3n) is 1.71. The highest BCUT2D eigenvalue weighted by atomic mass is 16.5. The molecule has 0 aliphatic heterocycles. The van der Waals surface area contributed by atoms with E-state index >= 15 is 0 Å². The van der Waals surface area contributed by atoms with Gasteiger partial charge in [0.05, 0.1) is 5.92 Å². The van der Waals surface area contributed by atoms with Gasteiger partial charge in [0.2, 0.25) is 0 Å². The minimum Gasteiger partial charge on any atom is -0.462 e. The van der Waals surface area contributed by atoms with Crippen molar-refractivity contribution in [2.24, 2.45) is 11.8 Å². The quantitative estimate of drug-likeness (QED) is 0.589. The number of rotatable bonds is 3. The summed E-state index contributed by atoms with van der Waals surface area (Å²) in [6.07, 6.45) is 0.0323. The second kappa shape index (κ2) is 4.37. The van der Waals surface area contributed by atoms with Crippen LogP contribution in [-0.2, 0) is 9.53 Å². The van der Waals surface area contributed by atoms with Crippen molar-refractivity contribution < 1.29 is 9.53 Å². The monoisotopic (exact) mass is 158 g/mol. The topological polar surface area (TPSA) is 26.3 Å². The molecular weight excluding hydrogens is 140 g/mol. The van der Waals surface area contributed by atoms with Crippen LogP contribution in [0.2, 0.25) is 0 Å². The van der Waals surface area contributed by atoms with Crippen LogP contribution in [0, 0.1) is 11.8 Å². The Bertz CT molecular complexity index is 128. The summed E-state index contributed by atoms with van der Waals surface area (Å²) in [6.45, 7) is 9.69. The Morgan fingerprint density at radius 3 is 1.82 bits per heavy atom. The summed E-state index contributed by atoms with van der Waals surface area (Å²) in [7, 11) is 0. The number of hydrogen-bond donors (Lipinski definition) is 0. The maximum Gasteiger partial charge on any atom is 0.308 e. The molecule has 2 nitrogen and oxygen atoms in total. The first kappa shape index (κ1) is 10.5. The van der Waals surface area contributed by atoms with Gasteiger partial charge in [0.25, 0.3) is 0 Å². The zero-order valence-corrected chi connectivity index (χ0v) is 8.05. The first-order valence-corrected chi connectivity index (χ1v) is 4.15. The van der Waals surface area contributed by atoms with E-state index in [2.05, 4.69) is 0 Å². The molecule has 0 aromatic rings. The molecule has 0 saturated heterocycles. The van der Waals surface area contributed by atoms with Gasteiger partial charge in [0.15, 0.2) is 0 Å². The van der Waals surface area contributed by atoms with E-state index < -0.39 is 0 Å². The highest BCUT2D eigenvalue weighted by molar-refractivity contribution is 5.71. The molecule has 0 radical (unpaired) electrons. The first-order chi connectivity index (χ1) is 4.95. The molecule has 0 bridgehead atoms. The van der Waals surface area contributed by atoms with Gasteiger partial charge >= 0.3 is 5.97 Å². The molecule has 1 atom stereocenters. The molecule has 0 fully saturated rings. The van der Waals surface area contributed by atoms with Crippen molar-refractivity contribution in [2.45, 2.75) is 40.7 Å². The summed E-state index contributed by atoms with van der Waals surface area (Å²) in [5, 5.41) is 0.